The molecule has 6 rings (SSSR count). The highest BCUT2D eigenvalue weighted by Gasteiger charge is 2.23. The molecule has 0 N–H and O–H groups in total. The highest BCUT2D eigenvalue weighted by molar-refractivity contribution is 7.13. The van der Waals surface area contributed by atoms with Gasteiger partial charge in [0.1, 0.15) is 5.69 Å². The summed E-state index contributed by atoms with van der Waals surface area (Å²) in [4.78, 5) is 36.1. The maximum absolute atomic E-state index is 13.9. The zero-order valence-electron chi connectivity index (χ0n) is 23.1. The van der Waals surface area contributed by atoms with Gasteiger partial charge in [0.2, 0.25) is 0 Å². The summed E-state index contributed by atoms with van der Waals surface area (Å²) in [5, 5.41) is 33.7. The normalized spacial score (nSPS) is 11.2. The number of ketones is 1. The first-order valence-corrected chi connectivity index (χ1v) is 14.2. The van der Waals surface area contributed by atoms with Gasteiger partial charge in [0, 0.05) is 36.0 Å². The van der Waals surface area contributed by atoms with Gasteiger partial charge in [-0.15, -0.1) is 11.3 Å². The number of thiophene rings is 1. The van der Waals surface area contributed by atoms with Crippen LogP contribution in [0.2, 0.25) is 0 Å². The Morgan fingerprint density at radius 2 is 1.48 bits per heavy atom. The van der Waals surface area contributed by atoms with Crippen molar-refractivity contribution in [3.8, 4) is 33.1 Å². The van der Waals surface area contributed by atoms with Gasteiger partial charge in [-0.05, 0) is 72.5 Å². The summed E-state index contributed by atoms with van der Waals surface area (Å²) in [6, 6.07) is 25.3. The number of nitro groups is 2. The van der Waals surface area contributed by atoms with Gasteiger partial charge in [0.05, 0.1) is 43.0 Å². The van der Waals surface area contributed by atoms with Crippen molar-refractivity contribution in [1.82, 2.24) is 19.6 Å². The van der Waals surface area contributed by atoms with Crippen LogP contribution in [0.5, 0.6) is 0 Å². The number of hydrogen-bond acceptors (Lipinski definition) is 8. The number of non-ortho nitro benzene ring substituents is 2. The Morgan fingerprint density at radius 1 is 0.818 bits per heavy atom. The van der Waals surface area contributed by atoms with Crippen molar-refractivity contribution in [3.63, 3.8) is 0 Å². The quantitative estimate of drug-likeness (QED) is 0.0723. The number of nitro benzene ring substituents is 2. The van der Waals surface area contributed by atoms with Gasteiger partial charge >= 0.3 is 0 Å². The monoisotopic (exact) mass is 602 g/mol. The molecule has 0 amide bonds. The predicted molar refractivity (Wildman–Crippen MR) is 167 cm³/mol. The minimum atomic E-state index is -0.472. The highest BCUT2D eigenvalue weighted by Crippen LogP contribution is 2.32. The van der Waals surface area contributed by atoms with Crippen LogP contribution in [0.4, 0.5) is 11.4 Å². The Morgan fingerprint density at radius 3 is 2.09 bits per heavy atom. The Kier molecular flexibility index (Phi) is 7.48. The third-order valence-electron chi connectivity index (χ3n) is 6.97. The summed E-state index contributed by atoms with van der Waals surface area (Å²) in [6.45, 7) is 1.78. The van der Waals surface area contributed by atoms with Gasteiger partial charge in [0.15, 0.2) is 5.78 Å². The molecule has 6 aromatic rings. The van der Waals surface area contributed by atoms with Crippen molar-refractivity contribution in [2.45, 2.75) is 6.92 Å². The summed E-state index contributed by atoms with van der Waals surface area (Å²) < 4.78 is 3.29. The largest absolute Gasteiger partial charge is 0.289 e. The van der Waals surface area contributed by atoms with Crippen LogP contribution in [0.25, 0.3) is 39.1 Å². The highest BCUT2D eigenvalue weighted by atomic mass is 32.1. The van der Waals surface area contributed by atoms with E-state index in [2.05, 4.69) is 0 Å². The summed E-state index contributed by atoms with van der Waals surface area (Å²) in [5.41, 5.74) is 4.65. The first kappa shape index (κ1) is 28.1. The fraction of sp³-hybridized carbons (Fsp3) is 0.0312. The average Bonchev–Trinajstić information content (AvgIpc) is 3.80. The first-order chi connectivity index (χ1) is 21.3. The average molecular weight is 603 g/mol. The maximum Gasteiger partial charge on any atom is 0.269 e. The van der Waals surface area contributed by atoms with E-state index in [0.717, 1.165) is 10.6 Å². The Labute approximate surface area is 254 Å². The Bertz CT molecular complexity index is 2030. The maximum atomic E-state index is 13.9. The van der Waals surface area contributed by atoms with E-state index in [-0.39, 0.29) is 17.2 Å². The molecule has 3 aromatic heterocycles. The molecule has 0 fully saturated rings. The van der Waals surface area contributed by atoms with Crippen LogP contribution < -0.4 is 0 Å². The molecule has 0 atom stereocenters. The van der Waals surface area contributed by atoms with E-state index in [9.17, 15) is 25.0 Å². The molecule has 11 nitrogen and oxygen atoms in total. The van der Waals surface area contributed by atoms with Crippen LogP contribution in [0, 0.1) is 27.2 Å². The lowest BCUT2D eigenvalue weighted by Crippen LogP contribution is -2.02. The molecule has 0 radical (unpaired) electrons. The standard InChI is InChI=1S/C32H22N6O5S/c1-21-31(32(30-8-5-19-44-30)34-36(21)24-13-15-26(16-14-24)38(42)43)29(39)18-17-28-27(22-9-11-25(12-10-22)37(40)41)20-35(33-28)23-6-3-2-4-7-23/h2-20H,1H3/b18-17+. The number of benzene rings is 3. The summed E-state index contributed by atoms with van der Waals surface area (Å²) in [7, 11) is 0. The topological polar surface area (TPSA) is 139 Å². The molecule has 3 heterocycles. The van der Waals surface area contributed by atoms with Gasteiger partial charge in [-0.3, -0.25) is 25.0 Å². The molecular formula is C32H22N6O5S. The Hall–Kier alpha value is -6.01. The van der Waals surface area contributed by atoms with Gasteiger partial charge in [-0.1, -0.05) is 24.3 Å². The Balaban J connectivity index is 1.41. The number of hydrogen-bond donors (Lipinski definition) is 0. The number of carbonyl (C=O) groups is 1. The van der Waals surface area contributed by atoms with Crippen LogP contribution in [-0.4, -0.2) is 35.2 Å². The van der Waals surface area contributed by atoms with Crippen molar-refractivity contribution in [1.29, 1.82) is 0 Å². The van der Waals surface area contributed by atoms with Crippen LogP contribution in [0.1, 0.15) is 21.7 Å². The second-order valence-electron chi connectivity index (χ2n) is 9.68. The SMILES string of the molecule is Cc1c(C(=O)/C=C/c2nn(-c3ccccc3)cc2-c2ccc([N+](=O)[O-])cc2)c(-c2cccs2)nn1-c1ccc([N+](=O)[O-])cc1. The van der Waals surface area contributed by atoms with Crippen LogP contribution >= 0.6 is 11.3 Å². The minimum Gasteiger partial charge on any atom is -0.289 e. The van der Waals surface area contributed by atoms with Gasteiger partial charge in [0.25, 0.3) is 11.4 Å². The lowest BCUT2D eigenvalue weighted by molar-refractivity contribution is -0.385. The molecule has 0 aliphatic rings. The number of aromatic nitrogens is 4. The predicted octanol–water partition coefficient (Wildman–Crippen LogP) is 7.47. The van der Waals surface area contributed by atoms with E-state index in [1.165, 1.54) is 41.7 Å². The van der Waals surface area contributed by atoms with Crippen molar-refractivity contribution in [3.05, 3.63) is 146 Å². The van der Waals surface area contributed by atoms with Gasteiger partial charge in [-0.2, -0.15) is 10.2 Å². The zero-order chi connectivity index (χ0) is 30.8. The molecular weight excluding hydrogens is 580 g/mol. The van der Waals surface area contributed by atoms with E-state index in [0.29, 0.717) is 39.5 Å². The molecule has 3 aromatic carbocycles. The van der Waals surface area contributed by atoms with Crippen molar-refractivity contribution in [2.24, 2.45) is 0 Å². The summed E-state index contributed by atoms with van der Waals surface area (Å²) in [6.07, 6.45) is 4.88. The lowest BCUT2D eigenvalue weighted by atomic mass is 10.0. The number of nitrogens with zero attached hydrogens (tertiary/aromatic N) is 6. The molecule has 0 bridgehead atoms. The van der Waals surface area contributed by atoms with Gasteiger partial charge < -0.3 is 0 Å². The molecule has 0 aliphatic heterocycles. The number of carbonyl (C=O) groups excluding carboxylic acids is 1. The number of allylic oxidation sites excluding steroid dienone is 1. The van der Waals surface area contributed by atoms with Crippen LogP contribution in [-0.2, 0) is 0 Å². The molecule has 216 valence electrons. The molecule has 0 spiro atoms. The van der Waals surface area contributed by atoms with E-state index in [1.807, 2.05) is 54.0 Å². The smallest absolute Gasteiger partial charge is 0.269 e. The number of rotatable bonds is 9. The molecule has 0 unspecified atom stereocenters. The fourth-order valence-corrected chi connectivity index (χ4v) is 5.51. The second-order valence-corrected chi connectivity index (χ2v) is 10.6. The van der Waals surface area contributed by atoms with Crippen LogP contribution in [0.3, 0.4) is 0 Å². The van der Waals surface area contributed by atoms with E-state index >= 15 is 0 Å². The zero-order valence-corrected chi connectivity index (χ0v) is 23.9. The summed E-state index contributed by atoms with van der Waals surface area (Å²) >= 11 is 1.44. The second kappa shape index (κ2) is 11.7. The van der Waals surface area contributed by atoms with E-state index in [4.69, 9.17) is 10.2 Å². The molecule has 12 heteroatoms. The number of para-hydroxylation sites is 1. The van der Waals surface area contributed by atoms with Crippen LogP contribution in [0.15, 0.2) is 109 Å². The van der Waals surface area contributed by atoms with Crippen molar-refractivity contribution >= 4 is 34.6 Å². The molecule has 44 heavy (non-hydrogen) atoms. The first-order valence-electron chi connectivity index (χ1n) is 13.3. The van der Waals surface area contributed by atoms with Crippen molar-refractivity contribution in [2.75, 3.05) is 0 Å². The van der Waals surface area contributed by atoms with E-state index in [1.54, 1.807) is 46.6 Å². The van der Waals surface area contributed by atoms with Gasteiger partial charge in [-0.25, -0.2) is 9.36 Å². The molecule has 0 aliphatic carbocycles. The summed E-state index contributed by atoms with van der Waals surface area (Å²) in [5.74, 6) is -0.303. The van der Waals surface area contributed by atoms with E-state index < -0.39 is 9.85 Å². The molecule has 0 saturated carbocycles. The fourth-order valence-electron chi connectivity index (χ4n) is 4.80. The third kappa shape index (κ3) is 5.44. The third-order valence-corrected chi connectivity index (χ3v) is 7.84. The minimum absolute atomic E-state index is 0.0296. The molecule has 0 saturated heterocycles. The lowest BCUT2D eigenvalue weighted by Gasteiger charge is -2.04. The van der Waals surface area contributed by atoms with Crippen molar-refractivity contribution < 1.29 is 14.6 Å².